The molecular weight excluding hydrogens is 523 g/mol. The fraction of sp³-hybridized carbons (Fsp3) is 0.500. The van der Waals surface area contributed by atoms with Crippen LogP contribution in [0.15, 0.2) is 6.33 Å². The lowest BCUT2D eigenvalue weighted by Crippen LogP contribution is -2.33. The Bertz CT molecular complexity index is 1210. The molecule has 3 unspecified atom stereocenters. The van der Waals surface area contributed by atoms with Gasteiger partial charge in [0.15, 0.2) is 11.9 Å². The number of aliphatic hydroxyl groups excluding tert-OH is 2. The van der Waals surface area contributed by atoms with Crippen molar-refractivity contribution in [3.8, 4) is 0 Å². The summed E-state index contributed by atoms with van der Waals surface area (Å²) in [5, 5.41) is 20.5. The van der Waals surface area contributed by atoms with Gasteiger partial charge in [0.05, 0.1) is 12.9 Å². The first-order valence-electron chi connectivity index (χ1n) is 8.11. The van der Waals surface area contributed by atoms with Crippen LogP contribution in [0.3, 0.4) is 0 Å². The third-order valence-electron chi connectivity index (χ3n) is 3.88. The minimum Gasteiger partial charge on any atom is -0.387 e. The summed E-state index contributed by atoms with van der Waals surface area (Å²) in [6.07, 6.45) is -4.93. The van der Waals surface area contributed by atoms with E-state index in [0.717, 1.165) is 0 Å². The summed E-state index contributed by atoms with van der Waals surface area (Å²) in [6.45, 7) is -0.972. The van der Waals surface area contributed by atoms with E-state index in [-0.39, 0.29) is 21.8 Å². The molecule has 0 bridgehead atoms. The zero-order valence-corrected chi connectivity index (χ0v) is 18.8. The van der Waals surface area contributed by atoms with Crippen molar-refractivity contribution in [1.29, 1.82) is 0 Å². The van der Waals surface area contributed by atoms with Crippen LogP contribution in [0.5, 0.6) is 0 Å². The Balaban J connectivity index is 1.72. The summed E-state index contributed by atoms with van der Waals surface area (Å²) in [5.74, 6) is -0.0681. The monoisotopic (exact) mass is 539 g/mol. The van der Waals surface area contributed by atoms with E-state index in [2.05, 4.69) is 28.1 Å². The van der Waals surface area contributed by atoms with Crippen molar-refractivity contribution in [3.63, 3.8) is 0 Å². The number of H-pyrrole nitrogens is 1. The molecule has 3 heterocycles. The van der Waals surface area contributed by atoms with Crippen molar-refractivity contribution in [1.82, 2.24) is 19.5 Å². The Morgan fingerprint density at radius 2 is 1.81 bits per heavy atom. The molecule has 1 aliphatic heterocycles. The maximum absolute atomic E-state index is 11.8. The number of nitrogens with zero attached hydrogens (tertiary/aromatic N) is 3. The number of rotatable bonds is 8. The number of anilines is 1. The van der Waals surface area contributed by atoms with Crippen molar-refractivity contribution >= 4 is 52.8 Å². The number of fused-ring (bicyclic) bond motifs is 1. The molecule has 0 spiro atoms. The second kappa shape index (κ2) is 8.90. The third kappa shape index (κ3) is 5.85. The van der Waals surface area contributed by atoms with Crippen LogP contribution < -0.4 is 5.73 Å². The van der Waals surface area contributed by atoms with Gasteiger partial charge in [-0.2, -0.15) is 13.6 Å². The maximum atomic E-state index is 11.8. The average Bonchev–Trinajstić information content (AvgIpc) is 3.12. The summed E-state index contributed by atoms with van der Waals surface area (Å²) in [4.78, 5) is 46.2. The van der Waals surface area contributed by atoms with Crippen molar-refractivity contribution in [2.75, 3.05) is 12.3 Å². The number of aliphatic hydroxyl groups is 2. The van der Waals surface area contributed by atoms with E-state index < -0.39 is 54.6 Å². The number of imidazole rings is 1. The third-order valence-corrected chi connectivity index (χ3v) is 7.98. The van der Waals surface area contributed by atoms with Crippen LogP contribution in [-0.4, -0.2) is 74.2 Å². The van der Waals surface area contributed by atoms with E-state index >= 15 is 0 Å². The van der Waals surface area contributed by atoms with Crippen LogP contribution in [0, 0.1) is 4.64 Å². The van der Waals surface area contributed by atoms with Gasteiger partial charge in [0.25, 0.3) is 0 Å². The van der Waals surface area contributed by atoms with Gasteiger partial charge < -0.3 is 45.2 Å². The molecule has 0 radical (unpaired) electrons. The van der Waals surface area contributed by atoms with Crippen molar-refractivity contribution in [2.45, 2.75) is 24.5 Å². The van der Waals surface area contributed by atoms with E-state index in [1.54, 1.807) is 0 Å². The van der Waals surface area contributed by atoms with Gasteiger partial charge in [-0.15, -0.1) is 0 Å². The molecule has 2 aromatic rings. The van der Waals surface area contributed by atoms with Crippen LogP contribution >= 0.6 is 35.7 Å². The second-order valence-corrected chi connectivity index (χ2v) is 11.0. The summed E-state index contributed by atoms with van der Waals surface area (Å²) in [5.41, 5.74) is 5.90. The number of hydrogen-bond donors (Lipinski definition) is 8. The standard InChI is InChI=1S/C10H16N5O13P3S/c11-10-13-7-4(8(32)14-10)12-2-15(7)9-6(17)5(16)3(26-9)1-25-30(21,22)28-31(23,24)27-29(18,19)20/h2-3,5-6,9,16-17H,1H2,(H,21,22)(H,23,24)(H2,18,19,20)(H3,11,13,14,32)/t3-,5+,6?,9-/m1/s1. The quantitative estimate of drug-likeness (QED) is 0.148. The molecule has 0 aliphatic carbocycles. The highest BCUT2D eigenvalue weighted by Gasteiger charge is 2.47. The fourth-order valence-corrected chi connectivity index (χ4v) is 5.98. The molecule has 2 aromatic heterocycles. The fourth-order valence-electron chi connectivity index (χ4n) is 2.70. The first kappa shape index (κ1) is 25.5. The summed E-state index contributed by atoms with van der Waals surface area (Å²) < 4.78 is 52.1. The molecule has 9 N–H and O–H groups in total. The number of ether oxygens (including phenoxy) is 1. The zero-order valence-electron chi connectivity index (χ0n) is 15.3. The highest BCUT2D eigenvalue weighted by atomic mass is 32.1. The van der Waals surface area contributed by atoms with Gasteiger partial charge in [-0.1, -0.05) is 12.2 Å². The Morgan fingerprint density at radius 3 is 2.44 bits per heavy atom. The number of phosphoric ester groups is 1. The molecule has 0 amide bonds. The smallest absolute Gasteiger partial charge is 0.387 e. The number of aromatic amines is 1. The molecule has 0 aromatic carbocycles. The van der Waals surface area contributed by atoms with Gasteiger partial charge in [-0.25, -0.2) is 18.7 Å². The molecule has 1 fully saturated rings. The number of nitrogens with one attached hydrogen (secondary N) is 1. The topological polar surface area (TPSA) is 282 Å². The molecule has 18 nitrogen and oxygen atoms in total. The van der Waals surface area contributed by atoms with Gasteiger partial charge in [0, 0.05) is 0 Å². The summed E-state index contributed by atoms with van der Waals surface area (Å²) in [6, 6.07) is 0. The first-order valence-corrected chi connectivity index (χ1v) is 13.0. The number of nitrogen functional groups attached to an aromatic ring is 1. The predicted molar refractivity (Wildman–Crippen MR) is 103 cm³/mol. The Kier molecular flexibility index (Phi) is 7.09. The van der Waals surface area contributed by atoms with E-state index in [0.29, 0.717) is 0 Å². The molecule has 32 heavy (non-hydrogen) atoms. The van der Waals surface area contributed by atoms with Gasteiger partial charge in [0.1, 0.15) is 28.5 Å². The van der Waals surface area contributed by atoms with E-state index in [1.807, 2.05) is 0 Å². The van der Waals surface area contributed by atoms with Gasteiger partial charge in [0.2, 0.25) is 5.95 Å². The Labute approximate surface area is 182 Å². The molecule has 1 saturated heterocycles. The second-order valence-electron chi connectivity index (χ2n) is 6.21. The predicted octanol–water partition coefficient (Wildman–Crippen LogP) is -0.966. The molecule has 6 atom stereocenters. The normalized spacial score (nSPS) is 27.9. The average molecular weight is 539 g/mol. The molecule has 22 heteroatoms. The van der Waals surface area contributed by atoms with Crippen molar-refractivity contribution < 1.29 is 61.4 Å². The maximum Gasteiger partial charge on any atom is 0.490 e. The largest absolute Gasteiger partial charge is 0.490 e. The van der Waals surface area contributed by atoms with Crippen LogP contribution in [0.4, 0.5) is 5.95 Å². The molecular formula is C10H16N5O13P3S. The summed E-state index contributed by atoms with van der Waals surface area (Å²) >= 11 is 5.06. The van der Waals surface area contributed by atoms with Crippen molar-refractivity contribution in [3.05, 3.63) is 11.0 Å². The lowest BCUT2D eigenvalue weighted by molar-refractivity contribution is -0.0503. The highest BCUT2D eigenvalue weighted by molar-refractivity contribution is 7.71. The minimum atomic E-state index is -5.71. The molecule has 0 saturated carbocycles. The Hall–Kier alpha value is -1.14. The van der Waals surface area contributed by atoms with Crippen LogP contribution in [-0.2, 0) is 31.6 Å². The first-order chi connectivity index (χ1) is 14.6. The van der Waals surface area contributed by atoms with Gasteiger partial charge in [-0.3, -0.25) is 9.09 Å². The Morgan fingerprint density at radius 1 is 1.16 bits per heavy atom. The van der Waals surface area contributed by atoms with E-state index in [9.17, 15) is 28.8 Å². The van der Waals surface area contributed by atoms with Crippen molar-refractivity contribution in [2.24, 2.45) is 0 Å². The van der Waals surface area contributed by atoms with Gasteiger partial charge in [-0.05, 0) is 0 Å². The number of hydrogen-bond acceptors (Lipinski definition) is 13. The van der Waals surface area contributed by atoms with Crippen LogP contribution in [0.2, 0.25) is 0 Å². The number of aromatic nitrogens is 4. The van der Waals surface area contributed by atoms with Crippen LogP contribution in [0.1, 0.15) is 6.23 Å². The van der Waals surface area contributed by atoms with E-state index in [4.69, 9.17) is 37.4 Å². The zero-order chi connectivity index (χ0) is 24.1. The molecule has 3 rings (SSSR count). The van der Waals surface area contributed by atoms with Gasteiger partial charge >= 0.3 is 23.5 Å². The molecule has 180 valence electrons. The SMILES string of the molecule is Nc1nc2c(ncn2[C@@H]2O[C@H](COP(=O)(O)OP(=O)(O)OP(=O)(O)O)[C@H](O)C2O)c(=S)[nH]1. The summed E-state index contributed by atoms with van der Waals surface area (Å²) in [7, 11) is -16.7. The number of nitrogens with two attached hydrogens (primary N) is 1. The lowest BCUT2D eigenvalue weighted by Gasteiger charge is -2.19. The molecule has 1 aliphatic rings. The highest BCUT2D eigenvalue weighted by Crippen LogP contribution is 2.66. The minimum absolute atomic E-state index is 0.0681. The van der Waals surface area contributed by atoms with E-state index in [1.165, 1.54) is 10.9 Å². The number of phosphoric acid groups is 3. The van der Waals surface area contributed by atoms with Crippen LogP contribution in [0.25, 0.3) is 11.2 Å². The lowest BCUT2D eigenvalue weighted by atomic mass is 10.1.